The second-order valence-electron chi connectivity index (χ2n) is 13.8. The molecular weight excluding hydrogens is 630 g/mol. The van der Waals surface area contributed by atoms with E-state index in [4.69, 9.17) is 9.47 Å². The van der Waals surface area contributed by atoms with Crippen LogP contribution in [0.4, 0.5) is 0 Å². The second-order valence-corrected chi connectivity index (χ2v) is 13.8. The van der Waals surface area contributed by atoms with E-state index < -0.39 is 24.7 Å². The highest BCUT2D eigenvalue weighted by atomic mass is 16.6. The van der Waals surface area contributed by atoms with Gasteiger partial charge < -0.3 is 35.0 Å². The SMILES string of the molecule is CCCCC/C=C\C/C=C\CCCCCCCCOCC(OCCCCCCCC/C=C\C/C=C\CCCCC)C(O)(O)N(CO)C(C)(O)O. The molecule has 0 aromatic carbocycles. The van der Waals surface area contributed by atoms with E-state index in [9.17, 15) is 25.5 Å². The van der Waals surface area contributed by atoms with E-state index in [2.05, 4.69) is 62.5 Å². The fourth-order valence-corrected chi connectivity index (χ4v) is 5.69. The molecule has 8 nitrogen and oxygen atoms in total. The number of nitrogens with zero attached hydrogens (tertiary/aromatic N) is 1. The number of ether oxygens (including phenoxy) is 2. The Labute approximate surface area is 307 Å². The summed E-state index contributed by atoms with van der Waals surface area (Å²) in [5, 5.41) is 51.3. The molecule has 0 heterocycles. The van der Waals surface area contributed by atoms with Gasteiger partial charge >= 0.3 is 0 Å². The number of allylic oxidation sites excluding steroid dienone is 8. The van der Waals surface area contributed by atoms with Crippen molar-refractivity contribution in [3.63, 3.8) is 0 Å². The molecule has 0 spiro atoms. The molecule has 5 N–H and O–H groups in total. The Bertz CT molecular complexity index is 834. The molecular formula is C42H79NO7. The van der Waals surface area contributed by atoms with Gasteiger partial charge in [0.2, 0.25) is 5.91 Å². The van der Waals surface area contributed by atoms with Gasteiger partial charge in [0.1, 0.15) is 12.8 Å². The molecule has 0 bridgehead atoms. The van der Waals surface area contributed by atoms with Crippen molar-refractivity contribution in [1.82, 2.24) is 4.90 Å². The number of hydrogen-bond acceptors (Lipinski definition) is 8. The van der Waals surface area contributed by atoms with Gasteiger partial charge in [-0.05, 0) is 77.0 Å². The fraction of sp³-hybridized carbons (Fsp3) is 0.810. The van der Waals surface area contributed by atoms with Crippen molar-refractivity contribution in [2.24, 2.45) is 0 Å². The van der Waals surface area contributed by atoms with Crippen molar-refractivity contribution in [1.29, 1.82) is 0 Å². The van der Waals surface area contributed by atoms with Crippen LogP contribution in [0.3, 0.4) is 0 Å². The highest BCUT2D eigenvalue weighted by Crippen LogP contribution is 2.24. The Morgan fingerprint density at radius 3 is 1.30 bits per heavy atom. The van der Waals surface area contributed by atoms with E-state index in [0.29, 0.717) is 11.5 Å². The summed E-state index contributed by atoms with van der Waals surface area (Å²) in [7, 11) is 0. The van der Waals surface area contributed by atoms with E-state index in [1.165, 1.54) is 83.5 Å². The summed E-state index contributed by atoms with van der Waals surface area (Å²) >= 11 is 0. The van der Waals surface area contributed by atoms with Gasteiger partial charge in [-0.3, -0.25) is 0 Å². The Kier molecular flexibility index (Phi) is 33.8. The third kappa shape index (κ3) is 29.2. The highest BCUT2D eigenvalue weighted by Gasteiger charge is 2.48. The van der Waals surface area contributed by atoms with Gasteiger partial charge in [0.25, 0.3) is 5.91 Å². The smallest absolute Gasteiger partial charge is 0.261 e. The normalized spacial score (nSPS) is 13.8. The maximum absolute atomic E-state index is 10.8. The molecule has 0 radical (unpaired) electrons. The van der Waals surface area contributed by atoms with Crippen LogP contribution >= 0.6 is 0 Å². The fourth-order valence-electron chi connectivity index (χ4n) is 5.69. The Hall–Kier alpha value is -1.36. The number of aliphatic hydroxyl groups is 5. The Morgan fingerprint density at radius 1 is 0.520 bits per heavy atom. The zero-order valence-electron chi connectivity index (χ0n) is 32.5. The largest absolute Gasteiger partial charge is 0.381 e. The van der Waals surface area contributed by atoms with Gasteiger partial charge in [-0.1, -0.05) is 140 Å². The molecule has 0 aliphatic carbocycles. The van der Waals surface area contributed by atoms with Crippen LogP contribution in [0.2, 0.25) is 0 Å². The average Bonchev–Trinajstić information content (AvgIpc) is 3.07. The van der Waals surface area contributed by atoms with Crippen LogP contribution in [-0.4, -0.2) is 74.9 Å². The molecule has 0 saturated carbocycles. The maximum atomic E-state index is 10.8. The first-order chi connectivity index (χ1) is 24.2. The second kappa shape index (κ2) is 34.7. The molecule has 50 heavy (non-hydrogen) atoms. The first kappa shape index (κ1) is 48.6. The number of rotatable bonds is 37. The summed E-state index contributed by atoms with van der Waals surface area (Å²) in [5.41, 5.74) is 0. The lowest BCUT2D eigenvalue weighted by Gasteiger charge is -2.43. The monoisotopic (exact) mass is 710 g/mol. The van der Waals surface area contributed by atoms with Crippen LogP contribution in [0.25, 0.3) is 0 Å². The lowest BCUT2D eigenvalue weighted by Crippen LogP contribution is -2.66. The van der Waals surface area contributed by atoms with Crippen molar-refractivity contribution < 1.29 is 35.0 Å². The van der Waals surface area contributed by atoms with Crippen molar-refractivity contribution >= 4 is 0 Å². The van der Waals surface area contributed by atoms with Crippen LogP contribution < -0.4 is 0 Å². The standard InChI is InChI=1S/C42H79NO7/c1-4-6-8-10-12-14-16-18-20-22-24-26-28-30-32-34-36-49-38-40(42(47,48)43(39-44)41(3,45)46)50-37-35-33-31-29-27-25-23-21-19-17-15-13-11-9-7-5-2/h12-15,18-21,40,44-48H,4-11,16-17,22-39H2,1-3H3/b14-12-,15-13-,20-18-,21-19-. The van der Waals surface area contributed by atoms with Crippen molar-refractivity contribution in [2.45, 2.75) is 193 Å². The molecule has 0 saturated heterocycles. The average molecular weight is 710 g/mol. The Morgan fingerprint density at radius 2 is 0.900 bits per heavy atom. The minimum atomic E-state index is -2.84. The van der Waals surface area contributed by atoms with E-state index >= 15 is 0 Å². The van der Waals surface area contributed by atoms with E-state index in [1.807, 2.05) is 0 Å². The van der Waals surface area contributed by atoms with Crippen molar-refractivity contribution in [3.05, 3.63) is 48.6 Å². The summed E-state index contributed by atoms with van der Waals surface area (Å²) < 4.78 is 11.6. The minimum absolute atomic E-state index is 0.151. The zero-order valence-corrected chi connectivity index (χ0v) is 32.5. The van der Waals surface area contributed by atoms with Gasteiger partial charge in [0.05, 0.1) is 6.61 Å². The summed E-state index contributed by atoms with van der Waals surface area (Å²) in [5.74, 6) is -5.51. The maximum Gasteiger partial charge on any atom is 0.261 e. The minimum Gasteiger partial charge on any atom is -0.381 e. The zero-order chi connectivity index (χ0) is 37.0. The van der Waals surface area contributed by atoms with Crippen molar-refractivity contribution in [3.8, 4) is 0 Å². The van der Waals surface area contributed by atoms with E-state index in [-0.39, 0.29) is 13.2 Å². The molecule has 8 heteroatoms. The molecule has 0 amide bonds. The van der Waals surface area contributed by atoms with Crippen LogP contribution in [-0.2, 0) is 9.47 Å². The molecule has 0 aromatic heterocycles. The third-order valence-corrected chi connectivity index (χ3v) is 8.90. The summed E-state index contributed by atoms with van der Waals surface area (Å²) in [6.07, 6.45) is 44.1. The topological polar surface area (TPSA) is 123 Å². The van der Waals surface area contributed by atoms with Gasteiger partial charge in [-0.15, -0.1) is 0 Å². The van der Waals surface area contributed by atoms with Crippen LogP contribution in [0.5, 0.6) is 0 Å². The molecule has 1 unspecified atom stereocenters. The van der Waals surface area contributed by atoms with Crippen LogP contribution in [0.15, 0.2) is 48.6 Å². The summed E-state index contributed by atoms with van der Waals surface area (Å²) in [6.45, 7) is 4.97. The third-order valence-electron chi connectivity index (χ3n) is 8.90. The van der Waals surface area contributed by atoms with Crippen molar-refractivity contribution in [2.75, 3.05) is 26.6 Å². The first-order valence-electron chi connectivity index (χ1n) is 20.3. The molecule has 0 aromatic rings. The predicted octanol–water partition coefficient (Wildman–Crippen LogP) is 9.56. The predicted molar refractivity (Wildman–Crippen MR) is 208 cm³/mol. The van der Waals surface area contributed by atoms with E-state index in [1.54, 1.807) is 0 Å². The number of hydrogen-bond donors (Lipinski definition) is 5. The molecule has 0 aliphatic heterocycles. The lowest BCUT2D eigenvalue weighted by molar-refractivity contribution is -0.417. The molecule has 0 fully saturated rings. The quantitative estimate of drug-likeness (QED) is 0.0246. The van der Waals surface area contributed by atoms with Crippen LogP contribution in [0.1, 0.15) is 175 Å². The highest BCUT2D eigenvalue weighted by molar-refractivity contribution is 4.93. The van der Waals surface area contributed by atoms with Gasteiger partial charge in [0, 0.05) is 20.1 Å². The molecule has 1 atom stereocenters. The summed E-state index contributed by atoms with van der Waals surface area (Å²) in [6, 6.07) is 0. The summed E-state index contributed by atoms with van der Waals surface area (Å²) in [4.78, 5) is 0.368. The molecule has 294 valence electrons. The number of unbranched alkanes of at least 4 members (excludes halogenated alkanes) is 18. The van der Waals surface area contributed by atoms with Crippen LogP contribution in [0, 0.1) is 0 Å². The molecule has 0 rings (SSSR count). The lowest BCUT2D eigenvalue weighted by atomic mass is 10.1. The molecule has 0 aliphatic rings. The van der Waals surface area contributed by atoms with Gasteiger partial charge in [0.15, 0.2) is 0 Å². The van der Waals surface area contributed by atoms with Gasteiger partial charge in [-0.2, -0.15) is 4.90 Å². The number of aliphatic hydroxyl groups excluding tert-OH is 1. The van der Waals surface area contributed by atoms with E-state index in [0.717, 1.165) is 77.6 Å². The Balaban J connectivity index is 4.22. The first-order valence-corrected chi connectivity index (χ1v) is 20.3. The van der Waals surface area contributed by atoms with Gasteiger partial charge in [-0.25, -0.2) is 0 Å².